The Bertz CT molecular complexity index is 860. The Hall–Kier alpha value is -2.48. The van der Waals surface area contributed by atoms with Crippen molar-refractivity contribution in [1.29, 1.82) is 0 Å². The molecule has 0 aromatic carbocycles. The quantitative estimate of drug-likeness (QED) is 0.765. The number of nitrogens with zero attached hydrogens (tertiary/aromatic N) is 4. The summed E-state index contributed by atoms with van der Waals surface area (Å²) in [4.78, 5) is 30.4. The van der Waals surface area contributed by atoms with Crippen molar-refractivity contribution in [1.82, 2.24) is 24.8 Å². The van der Waals surface area contributed by atoms with Gasteiger partial charge in [0.15, 0.2) is 5.65 Å². The lowest BCUT2D eigenvalue weighted by Gasteiger charge is -2.29. The predicted octanol–water partition coefficient (Wildman–Crippen LogP) is 1.49. The molecule has 2 fully saturated rings. The van der Waals surface area contributed by atoms with Crippen LogP contribution in [0.1, 0.15) is 48.2 Å². The molecular formula is C19H25N5O3. The molecule has 2 aliphatic rings. The number of aromatic nitrogens is 3. The lowest BCUT2D eigenvalue weighted by atomic mass is 10.1. The number of carboxylic acid groups (broad SMARTS) is 1. The molecule has 1 amide bonds. The fourth-order valence-electron chi connectivity index (χ4n) is 4.07. The first kappa shape index (κ1) is 17.9. The van der Waals surface area contributed by atoms with Crippen LogP contribution in [0.15, 0.2) is 18.5 Å². The Morgan fingerprint density at radius 3 is 2.78 bits per heavy atom. The molecule has 1 saturated carbocycles. The predicted molar refractivity (Wildman–Crippen MR) is 98.6 cm³/mol. The number of carbonyl (C=O) groups is 2. The number of carbonyl (C=O) groups excluding carboxylic acids is 1. The Kier molecular flexibility index (Phi) is 4.82. The van der Waals surface area contributed by atoms with E-state index in [1.54, 1.807) is 23.0 Å². The van der Waals surface area contributed by atoms with Crippen LogP contribution in [0.5, 0.6) is 0 Å². The number of likely N-dealkylation sites (tertiary alicyclic amines) is 1. The maximum absolute atomic E-state index is 12.7. The van der Waals surface area contributed by atoms with E-state index in [2.05, 4.69) is 20.3 Å². The van der Waals surface area contributed by atoms with E-state index >= 15 is 0 Å². The van der Waals surface area contributed by atoms with Crippen molar-refractivity contribution in [2.75, 3.05) is 13.1 Å². The summed E-state index contributed by atoms with van der Waals surface area (Å²) in [5.74, 6) is -0.226. The van der Waals surface area contributed by atoms with Crippen molar-refractivity contribution in [3.8, 4) is 0 Å². The molecule has 1 saturated heterocycles. The number of rotatable bonds is 7. The van der Waals surface area contributed by atoms with Crippen LogP contribution in [-0.2, 0) is 4.79 Å². The van der Waals surface area contributed by atoms with Crippen LogP contribution in [0.4, 0.5) is 0 Å². The Morgan fingerprint density at radius 2 is 2.04 bits per heavy atom. The van der Waals surface area contributed by atoms with E-state index in [0.29, 0.717) is 23.7 Å². The normalized spacial score (nSPS) is 23.0. The Balaban J connectivity index is 1.42. The minimum absolute atomic E-state index is 0.0776. The molecule has 0 spiro atoms. The van der Waals surface area contributed by atoms with Crippen LogP contribution >= 0.6 is 0 Å². The number of hydrogen-bond donors (Lipinski definition) is 2. The van der Waals surface area contributed by atoms with Crippen LogP contribution in [0, 0.1) is 12.8 Å². The molecule has 2 aromatic heterocycles. The maximum atomic E-state index is 12.7. The fourth-order valence-corrected chi connectivity index (χ4v) is 4.07. The highest BCUT2D eigenvalue weighted by molar-refractivity contribution is 5.95. The molecule has 2 N–H and O–H groups in total. The molecule has 8 heteroatoms. The van der Waals surface area contributed by atoms with Gasteiger partial charge < -0.3 is 10.4 Å². The molecule has 0 unspecified atom stereocenters. The van der Waals surface area contributed by atoms with Gasteiger partial charge in [-0.3, -0.25) is 14.5 Å². The molecule has 2 aromatic rings. The number of fused-ring (bicyclic) bond motifs is 1. The lowest BCUT2D eigenvalue weighted by molar-refractivity contribution is -0.138. The van der Waals surface area contributed by atoms with Gasteiger partial charge in [0.25, 0.3) is 5.91 Å². The van der Waals surface area contributed by atoms with Gasteiger partial charge in [-0.15, -0.1) is 0 Å². The van der Waals surface area contributed by atoms with Gasteiger partial charge >= 0.3 is 5.97 Å². The van der Waals surface area contributed by atoms with Gasteiger partial charge in [0, 0.05) is 37.4 Å². The van der Waals surface area contributed by atoms with Gasteiger partial charge in [0.05, 0.1) is 23.9 Å². The highest BCUT2D eigenvalue weighted by atomic mass is 16.4. The van der Waals surface area contributed by atoms with Gasteiger partial charge in [-0.2, -0.15) is 5.10 Å². The highest BCUT2D eigenvalue weighted by Crippen LogP contribution is 2.35. The fraction of sp³-hybridized carbons (Fsp3) is 0.579. The van der Waals surface area contributed by atoms with Crippen LogP contribution in [-0.4, -0.2) is 61.7 Å². The summed E-state index contributed by atoms with van der Waals surface area (Å²) in [5, 5.41) is 16.4. The molecule has 1 aliphatic carbocycles. The second-order valence-electron chi connectivity index (χ2n) is 7.69. The summed E-state index contributed by atoms with van der Waals surface area (Å²) in [6.07, 6.45) is 7.67. The van der Waals surface area contributed by atoms with Crippen LogP contribution in [0.25, 0.3) is 5.65 Å². The molecule has 0 radical (unpaired) electrons. The Labute approximate surface area is 157 Å². The molecular weight excluding hydrogens is 346 g/mol. The van der Waals surface area contributed by atoms with Crippen molar-refractivity contribution >= 4 is 17.5 Å². The molecule has 27 heavy (non-hydrogen) atoms. The molecule has 1 aliphatic heterocycles. The molecule has 3 heterocycles. The third-order valence-electron chi connectivity index (χ3n) is 5.75. The van der Waals surface area contributed by atoms with Crippen molar-refractivity contribution < 1.29 is 14.7 Å². The van der Waals surface area contributed by atoms with E-state index in [0.717, 1.165) is 25.1 Å². The molecule has 4 rings (SSSR count). The third kappa shape index (κ3) is 3.80. The van der Waals surface area contributed by atoms with E-state index in [4.69, 9.17) is 0 Å². The van der Waals surface area contributed by atoms with Crippen molar-refractivity contribution in [3.63, 3.8) is 0 Å². The Morgan fingerprint density at radius 1 is 1.26 bits per heavy atom. The third-order valence-corrected chi connectivity index (χ3v) is 5.75. The summed E-state index contributed by atoms with van der Waals surface area (Å²) >= 11 is 0. The number of nitrogens with one attached hydrogen (secondary N) is 1. The summed E-state index contributed by atoms with van der Waals surface area (Å²) in [6, 6.07) is 2.07. The van der Waals surface area contributed by atoms with Gasteiger partial charge in [0.1, 0.15) is 0 Å². The van der Waals surface area contributed by atoms with Gasteiger partial charge in [-0.1, -0.05) is 0 Å². The summed E-state index contributed by atoms with van der Waals surface area (Å²) in [6.45, 7) is 3.32. The van der Waals surface area contributed by atoms with Crippen molar-refractivity contribution in [2.24, 2.45) is 5.92 Å². The van der Waals surface area contributed by atoms with E-state index < -0.39 is 5.97 Å². The second kappa shape index (κ2) is 7.26. The molecule has 8 nitrogen and oxygen atoms in total. The first-order valence-electron chi connectivity index (χ1n) is 9.58. The zero-order valence-corrected chi connectivity index (χ0v) is 15.5. The zero-order chi connectivity index (χ0) is 19.0. The SMILES string of the molecule is Cc1c(C(=O)NC[C@@H]2CC[C@H](CC(=O)O)N2CC2CC2)cnc2ccnn12. The largest absolute Gasteiger partial charge is 0.481 e. The standard InChI is InChI=1S/C19H25N5O3/c1-12-16(10-20-17-6-7-22-24(12)17)19(27)21-9-15-5-4-14(8-18(25)26)23(15)11-13-2-3-13/h6-7,10,13-15H,2-5,8-9,11H2,1H3,(H,21,27)(H,25,26)/t14-,15+/m1/s1. The van der Waals surface area contributed by atoms with E-state index in [-0.39, 0.29) is 24.4 Å². The smallest absolute Gasteiger partial charge is 0.304 e. The van der Waals surface area contributed by atoms with Crippen molar-refractivity contribution in [2.45, 2.75) is 51.1 Å². The zero-order valence-electron chi connectivity index (χ0n) is 15.5. The number of amides is 1. The minimum Gasteiger partial charge on any atom is -0.481 e. The maximum Gasteiger partial charge on any atom is 0.304 e. The molecule has 144 valence electrons. The van der Waals surface area contributed by atoms with Crippen molar-refractivity contribution in [3.05, 3.63) is 29.7 Å². The number of aliphatic carboxylic acids is 1. The summed E-state index contributed by atoms with van der Waals surface area (Å²) in [5.41, 5.74) is 1.99. The van der Waals surface area contributed by atoms with Gasteiger partial charge in [0.2, 0.25) is 0 Å². The van der Waals surface area contributed by atoms with E-state index in [1.807, 2.05) is 6.92 Å². The molecule has 2 atom stereocenters. The number of carboxylic acids is 1. The topological polar surface area (TPSA) is 99.8 Å². The summed E-state index contributed by atoms with van der Waals surface area (Å²) < 4.78 is 1.66. The number of hydrogen-bond acceptors (Lipinski definition) is 5. The van der Waals surface area contributed by atoms with Crippen LogP contribution in [0.2, 0.25) is 0 Å². The van der Waals surface area contributed by atoms with E-state index in [9.17, 15) is 14.7 Å². The van der Waals surface area contributed by atoms with Gasteiger partial charge in [-0.25, -0.2) is 9.50 Å². The number of aryl methyl sites for hydroxylation is 1. The van der Waals surface area contributed by atoms with Gasteiger partial charge in [-0.05, 0) is 38.5 Å². The molecule has 0 bridgehead atoms. The van der Waals surface area contributed by atoms with Crippen LogP contribution < -0.4 is 5.32 Å². The average Bonchev–Trinajstić information content (AvgIpc) is 3.18. The summed E-state index contributed by atoms with van der Waals surface area (Å²) in [7, 11) is 0. The second-order valence-corrected chi connectivity index (χ2v) is 7.69. The first-order valence-corrected chi connectivity index (χ1v) is 9.58. The average molecular weight is 371 g/mol. The highest BCUT2D eigenvalue weighted by Gasteiger charge is 2.38. The minimum atomic E-state index is -0.750. The monoisotopic (exact) mass is 371 g/mol. The first-order chi connectivity index (χ1) is 13.0. The van der Waals surface area contributed by atoms with Crippen LogP contribution in [0.3, 0.4) is 0 Å². The van der Waals surface area contributed by atoms with E-state index in [1.165, 1.54) is 12.8 Å². The lowest BCUT2D eigenvalue weighted by Crippen LogP contribution is -2.45.